The molecule has 1 aromatic heterocycles. The van der Waals surface area contributed by atoms with Gasteiger partial charge >= 0.3 is 20.8 Å². The molecule has 1 aromatic rings. The Morgan fingerprint density at radius 2 is 1.30 bits per heavy atom. The van der Waals surface area contributed by atoms with Crippen LogP contribution < -0.4 is 0 Å². The summed E-state index contributed by atoms with van der Waals surface area (Å²) in [7, 11) is -10.2. The molecule has 0 amide bonds. The zero-order valence-electron chi connectivity index (χ0n) is 15.8. The Morgan fingerprint density at radius 3 is 1.67 bits per heavy atom. The zero-order chi connectivity index (χ0) is 20.6. The molecule has 8 nitrogen and oxygen atoms in total. The molecule has 0 aliphatic carbocycles. The number of unbranched alkanes of at least 4 members (excludes halogenated alkanes) is 9. The number of pyridine rings is 1. The molecule has 0 saturated carbocycles. The SMILES string of the molecule is CCCCCCCCCCCCc1ccccn1.O=S(=O)(O)OS(=O)(=O)O. The van der Waals surface area contributed by atoms with E-state index < -0.39 is 20.8 Å². The molecule has 0 spiro atoms. The summed E-state index contributed by atoms with van der Waals surface area (Å²) in [5, 5.41) is 0. The van der Waals surface area contributed by atoms with Gasteiger partial charge in [0.1, 0.15) is 0 Å². The number of hydrogen-bond donors (Lipinski definition) is 2. The van der Waals surface area contributed by atoms with Crippen LogP contribution in [-0.4, -0.2) is 30.9 Å². The predicted molar refractivity (Wildman–Crippen MR) is 104 cm³/mol. The van der Waals surface area contributed by atoms with Crippen LogP contribution in [0.25, 0.3) is 0 Å². The summed E-state index contributed by atoms with van der Waals surface area (Å²) < 4.78 is 55.6. The Bertz CT molecular complexity index is 646. The Balaban J connectivity index is 0.000000636. The van der Waals surface area contributed by atoms with Gasteiger partial charge in [-0.15, -0.1) is 3.63 Å². The molecule has 0 atom stereocenters. The van der Waals surface area contributed by atoms with Crippen molar-refractivity contribution in [1.82, 2.24) is 4.98 Å². The number of rotatable bonds is 13. The number of hydrogen-bond acceptors (Lipinski definition) is 6. The first-order chi connectivity index (χ1) is 12.6. The summed E-state index contributed by atoms with van der Waals surface area (Å²) in [4.78, 5) is 4.35. The van der Waals surface area contributed by atoms with E-state index in [0.29, 0.717) is 0 Å². The van der Waals surface area contributed by atoms with Crippen LogP contribution in [-0.2, 0) is 30.8 Å². The Hall–Kier alpha value is -1.07. The van der Waals surface area contributed by atoms with Gasteiger partial charge in [0.05, 0.1) is 0 Å². The quantitative estimate of drug-likeness (QED) is 0.356. The summed E-state index contributed by atoms with van der Waals surface area (Å²) in [6, 6.07) is 6.20. The van der Waals surface area contributed by atoms with Crippen molar-refractivity contribution < 1.29 is 29.6 Å². The van der Waals surface area contributed by atoms with Crippen molar-refractivity contribution in [3.8, 4) is 0 Å². The van der Waals surface area contributed by atoms with E-state index in [2.05, 4.69) is 27.7 Å². The second kappa shape index (κ2) is 14.9. The molecule has 0 radical (unpaired) electrons. The van der Waals surface area contributed by atoms with E-state index >= 15 is 0 Å². The van der Waals surface area contributed by atoms with Crippen molar-refractivity contribution in [2.24, 2.45) is 0 Å². The molecule has 0 aliphatic rings. The maximum atomic E-state index is 9.44. The number of aromatic nitrogens is 1. The van der Waals surface area contributed by atoms with Gasteiger partial charge in [0, 0.05) is 11.9 Å². The molecule has 2 N–H and O–H groups in total. The van der Waals surface area contributed by atoms with Crippen molar-refractivity contribution in [3.63, 3.8) is 0 Å². The van der Waals surface area contributed by atoms with Crippen LogP contribution in [0.1, 0.15) is 76.8 Å². The van der Waals surface area contributed by atoms with Gasteiger partial charge in [-0.2, -0.15) is 16.8 Å². The monoisotopic (exact) mass is 425 g/mol. The smallest absolute Gasteiger partial charge is 0.263 e. The van der Waals surface area contributed by atoms with E-state index in [0.717, 1.165) is 6.42 Å². The first-order valence-electron chi connectivity index (χ1n) is 9.20. The van der Waals surface area contributed by atoms with E-state index in [1.165, 1.54) is 69.9 Å². The van der Waals surface area contributed by atoms with E-state index in [-0.39, 0.29) is 0 Å². The van der Waals surface area contributed by atoms with Gasteiger partial charge in [-0.1, -0.05) is 70.8 Å². The van der Waals surface area contributed by atoms with E-state index in [1.54, 1.807) is 0 Å². The normalized spacial score (nSPS) is 11.7. The van der Waals surface area contributed by atoms with Gasteiger partial charge in [-0.3, -0.25) is 14.1 Å². The molecule has 158 valence electrons. The van der Waals surface area contributed by atoms with Gasteiger partial charge in [-0.05, 0) is 25.0 Å². The second-order valence-electron chi connectivity index (χ2n) is 6.18. The van der Waals surface area contributed by atoms with Crippen molar-refractivity contribution in [1.29, 1.82) is 0 Å². The zero-order valence-corrected chi connectivity index (χ0v) is 17.4. The molecule has 1 heterocycles. The maximum absolute atomic E-state index is 9.44. The average Bonchev–Trinajstić information content (AvgIpc) is 2.55. The highest BCUT2D eigenvalue weighted by Gasteiger charge is 2.15. The molecule has 0 bridgehead atoms. The highest BCUT2D eigenvalue weighted by atomic mass is 32.3. The minimum Gasteiger partial charge on any atom is -0.263 e. The highest BCUT2D eigenvalue weighted by Crippen LogP contribution is 2.11. The standard InChI is InChI=1S/C17H29N.H2O7S2/c1-2-3-4-5-6-7-8-9-10-11-14-17-15-12-13-16-18-17;1-8(2,3)7-9(4,5)6/h12-13,15-16H,2-11,14H2,1H3;(H,1,2,3)(H,4,5,6). The third kappa shape index (κ3) is 21.1. The summed E-state index contributed by atoms with van der Waals surface area (Å²) in [5.41, 5.74) is 1.25. The second-order valence-corrected chi connectivity index (χ2v) is 8.43. The lowest BCUT2D eigenvalue weighted by molar-refractivity contribution is 0.344. The Kier molecular flexibility index (Phi) is 14.3. The highest BCUT2D eigenvalue weighted by molar-refractivity contribution is 7.94. The molecule has 0 saturated heterocycles. The summed E-state index contributed by atoms with van der Waals surface area (Å²) >= 11 is 0. The third-order valence-electron chi connectivity index (χ3n) is 3.68. The van der Waals surface area contributed by atoms with Gasteiger partial charge < -0.3 is 0 Å². The molecule has 0 aromatic carbocycles. The van der Waals surface area contributed by atoms with E-state index in [1.807, 2.05) is 12.3 Å². The average molecular weight is 426 g/mol. The fourth-order valence-corrected chi connectivity index (χ4v) is 3.32. The molecule has 1 rings (SSSR count). The largest absolute Gasteiger partial charge is 0.413 e. The van der Waals surface area contributed by atoms with Gasteiger partial charge in [0.2, 0.25) is 0 Å². The molecular formula is C17H31NO7S2. The maximum Gasteiger partial charge on any atom is 0.413 e. The Labute approximate surface area is 163 Å². The van der Waals surface area contributed by atoms with Gasteiger partial charge in [0.15, 0.2) is 0 Å². The lowest BCUT2D eigenvalue weighted by Crippen LogP contribution is -2.10. The molecule has 0 unspecified atom stereocenters. The van der Waals surface area contributed by atoms with Crippen LogP contribution in [0, 0.1) is 0 Å². The fourth-order valence-electron chi connectivity index (χ4n) is 2.45. The topological polar surface area (TPSA) is 131 Å². The van der Waals surface area contributed by atoms with Crippen molar-refractivity contribution in [2.45, 2.75) is 77.6 Å². The van der Waals surface area contributed by atoms with Gasteiger partial charge in [-0.25, -0.2) is 0 Å². The molecule has 27 heavy (non-hydrogen) atoms. The first kappa shape index (κ1) is 25.9. The summed E-state index contributed by atoms with van der Waals surface area (Å²) in [6.45, 7) is 2.28. The predicted octanol–water partition coefficient (Wildman–Crippen LogP) is 4.15. The van der Waals surface area contributed by atoms with Crippen LogP contribution in [0.4, 0.5) is 0 Å². The van der Waals surface area contributed by atoms with Crippen LogP contribution in [0.3, 0.4) is 0 Å². The summed E-state index contributed by atoms with van der Waals surface area (Å²) in [6.07, 6.45) is 17.1. The number of aryl methyl sites for hydroxylation is 1. The first-order valence-corrected chi connectivity index (χ1v) is 11.9. The van der Waals surface area contributed by atoms with E-state index in [9.17, 15) is 16.8 Å². The minimum atomic E-state index is -5.12. The fraction of sp³-hybridized carbons (Fsp3) is 0.706. The minimum absolute atomic E-state index is 1.15. The van der Waals surface area contributed by atoms with E-state index in [4.69, 9.17) is 9.11 Å². The van der Waals surface area contributed by atoms with Crippen molar-refractivity contribution in [2.75, 3.05) is 0 Å². The molecule has 10 heteroatoms. The lowest BCUT2D eigenvalue weighted by Gasteiger charge is -2.02. The van der Waals surface area contributed by atoms with Crippen LogP contribution in [0.2, 0.25) is 0 Å². The number of nitrogens with zero attached hydrogens (tertiary/aromatic N) is 1. The lowest BCUT2D eigenvalue weighted by atomic mass is 10.1. The summed E-state index contributed by atoms with van der Waals surface area (Å²) in [5.74, 6) is 0. The Morgan fingerprint density at radius 1 is 0.815 bits per heavy atom. The molecular weight excluding hydrogens is 394 g/mol. The van der Waals surface area contributed by atoms with Crippen LogP contribution in [0.5, 0.6) is 0 Å². The molecule has 0 aliphatic heterocycles. The van der Waals surface area contributed by atoms with Crippen molar-refractivity contribution >= 4 is 20.8 Å². The van der Waals surface area contributed by atoms with Crippen molar-refractivity contribution in [3.05, 3.63) is 30.1 Å². The molecule has 0 fully saturated rings. The third-order valence-corrected chi connectivity index (χ3v) is 5.06. The van der Waals surface area contributed by atoms with Crippen LogP contribution in [0.15, 0.2) is 24.4 Å². The van der Waals surface area contributed by atoms with Gasteiger partial charge in [0.25, 0.3) is 0 Å². The van der Waals surface area contributed by atoms with Crippen LogP contribution >= 0.6 is 0 Å².